The number of hydrogen-bond acceptors (Lipinski definition) is 14. The van der Waals surface area contributed by atoms with Crippen LogP contribution in [0.25, 0.3) is 10.4 Å². The Kier molecular flexibility index (Phi) is 24.4. The molecule has 1 aromatic carbocycles. The predicted octanol–water partition coefficient (Wildman–Crippen LogP) is 6.65. The van der Waals surface area contributed by atoms with Crippen molar-refractivity contribution in [2.75, 3.05) is 45.7 Å². The molecule has 1 aliphatic rings. The molecule has 18 nitrogen and oxygen atoms in total. The minimum absolute atomic E-state index is 0.0114. The number of rotatable bonds is 25. The maximum Gasteiger partial charge on any atom is 0.373 e. The number of azide groups is 1. The van der Waals surface area contributed by atoms with Gasteiger partial charge in [0.25, 0.3) is 5.91 Å². The number of nitrogens with zero attached hydrogens (tertiary/aromatic N) is 6. The van der Waals surface area contributed by atoms with Crippen molar-refractivity contribution >= 4 is 52.6 Å². The molecule has 2 heterocycles. The van der Waals surface area contributed by atoms with E-state index in [1.807, 2.05) is 41.7 Å². The molecule has 0 saturated carbocycles. The first kappa shape index (κ1) is 53.9. The molecule has 1 aliphatic heterocycles. The summed E-state index contributed by atoms with van der Waals surface area (Å²) in [5, 5.41) is 21.7. The number of amides is 3. The average Bonchev–Trinajstić information content (AvgIpc) is 3.74. The van der Waals surface area contributed by atoms with Crippen molar-refractivity contribution in [3.63, 3.8) is 0 Å². The fourth-order valence-corrected chi connectivity index (χ4v) is 8.51. The zero-order valence-corrected chi connectivity index (χ0v) is 38.8. The Balaban J connectivity index is 0.00000442. The van der Waals surface area contributed by atoms with Crippen LogP contribution in [-0.4, -0.2) is 114 Å². The van der Waals surface area contributed by atoms with Gasteiger partial charge in [-0.1, -0.05) is 65.1 Å². The summed E-state index contributed by atoms with van der Waals surface area (Å²) in [4.78, 5) is 93.9. The Morgan fingerprint density at radius 2 is 1.86 bits per heavy atom. The highest BCUT2D eigenvalue weighted by Gasteiger charge is 2.37. The summed E-state index contributed by atoms with van der Waals surface area (Å²) in [6, 6.07) is 4.05. The van der Waals surface area contributed by atoms with E-state index in [0.717, 1.165) is 44.2 Å². The number of carbonyl (C=O) groups excluding carboxylic acids is 7. The minimum atomic E-state index is -0.822. The largest absolute Gasteiger partial charge is 0.506 e. The highest BCUT2D eigenvalue weighted by molar-refractivity contribution is 7.09. The molecule has 1 fully saturated rings. The molecule has 0 spiro atoms. The number of thiazole rings is 1. The van der Waals surface area contributed by atoms with E-state index in [1.54, 1.807) is 29.5 Å². The zero-order chi connectivity index (χ0) is 47.1. The normalized spacial score (nSPS) is 16.1. The van der Waals surface area contributed by atoms with E-state index in [9.17, 15) is 29.1 Å². The lowest BCUT2D eigenvalue weighted by atomic mass is 9.83. The van der Waals surface area contributed by atoms with Crippen LogP contribution in [0.4, 0.5) is 5.69 Å². The summed E-state index contributed by atoms with van der Waals surface area (Å²) in [5.41, 5.74) is 9.53. The molecule has 3 rings (SSSR count). The van der Waals surface area contributed by atoms with Crippen molar-refractivity contribution in [2.45, 2.75) is 130 Å². The lowest BCUT2D eigenvalue weighted by molar-refractivity contribution is -0.191. The number of phenolic OH excluding ortho intramolecular Hbond substituents is 1. The minimum Gasteiger partial charge on any atom is -0.506 e. The number of esters is 1. The number of aromatic hydroxyl groups is 1. The molecular weight excluding hydrogens is 833 g/mol. The summed E-state index contributed by atoms with van der Waals surface area (Å²) < 4.78 is 11.1. The van der Waals surface area contributed by atoms with Gasteiger partial charge in [0.15, 0.2) is 11.9 Å². The van der Waals surface area contributed by atoms with Crippen molar-refractivity contribution in [3.05, 3.63) is 50.3 Å². The van der Waals surface area contributed by atoms with Gasteiger partial charge in [0.2, 0.25) is 11.8 Å². The van der Waals surface area contributed by atoms with E-state index in [1.165, 1.54) is 24.3 Å². The third-order valence-electron chi connectivity index (χ3n) is 11.3. The van der Waals surface area contributed by atoms with Crippen LogP contribution in [0.1, 0.15) is 126 Å². The summed E-state index contributed by atoms with van der Waals surface area (Å²) in [5.74, 6) is -1.91. The van der Waals surface area contributed by atoms with Gasteiger partial charge in [-0.05, 0) is 74.3 Å². The highest BCUT2D eigenvalue weighted by atomic mass is 32.1. The van der Waals surface area contributed by atoms with Gasteiger partial charge in [0.05, 0.1) is 31.4 Å². The first-order chi connectivity index (χ1) is 30.0. The lowest BCUT2D eigenvalue weighted by Crippen LogP contribution is -2.48. The number of likely N-dealkylation sites (N-methyl/N-ethyl adjacent to an activating group) is 1. The molecule has 0 bridgehead atoms. The number of hydrogen-bond donors (Lipinski definition) is 3. The number of ether oxygens (including phenoxy) is 2. The molecule has 19 heteroatoms. The van der Waals surface area contributed by atoms with Gasteiger partial charge >= 0.3 is 12.1 Å². The molecule has 0 unspecified atom stereocenters. The molecule has 6 atom stereocenters. The van der Waals surface area contributed by atoms with Gasteiger partial charge in [-0.15, -0.1) is 11.3 Å². The first-order valence-corrected chi connectivity index (χ1v) is 22.5. The van der Waals surface area contributed by atoms with Crippen LogP contribution < -0.4 is 10.6 Å². The number of anilines is 1. The van der Waals surface area contributed by atoms with Crippen LogP contribution >= 0.6 is 11.3 Å². The number of phenols is 1. The third-order valence-corrected chi connectivity index (χ3v) is 12.2. The second-order valence-corrected chi connectivity index (χ2v) is 17.2. The molecule has 63 heavy (non-hydrogen) atoms. The molecule has 1 aromatic heterocycles. The number of aromatic nitrogens is 1. The molecule has 1 saturated heterocycles. The number of nitrogens with one attached hydrogen (secondary N) is 2. The first-order valence-electron chi connectivity index (χ1n) is 21.6. The molecule has 0 aliphatic carbocycles. The molecular formula is C44H66N8O10S. The summed E-state index contributed by atoms with van der Waals surface area (Å²) in [7, 11) is 3.74. The third kappa shape index (κ3) is 18.2. The van der Waals surface area contributed by atoms with E-state index in [-0.39, 0.29) is 110 Å². The van der Waals surface area contributed by atoms with Crippen LogP contribution in [0.5, 0.6) is 5.75 Å². The second-order valence-electron chi connectivity index (χ2n) is 16.3. The Bertz CT molecular complexity index is 1880. The van der Waals surface area contributed by atoms with E-state index in [2.05, 4.69) is 30.5 Å². The van der Waals surface area contributed by atoms with Crippen molar-refractivity contribution in [1.82, 2.24) is 20.1 Å². The Labute approximate surface area is 374 Å². The Morgan fingerprint density at radius 3 is 2.48 bits per heavy atom. The molecule has 2 aromatic rings. The summed E-state index contributed by atoms with van der Waals surface area (Å²) >= 11 is 1.21. The molecule has 3 amide bonds. The lowest BCUT2D eigenvalue weighted by Gasteiger charge is -2.37. The van der Waals surface area contributed by atoms with Gasteiger partial charge in [-0.25, -0.2) is 4.98 Å². The van der Waals surface area contributed by atoms with Crippen molar-refractivity contribution in [1.29, 1.82) is 0 Å². The Morgan fingerprint density at radius 1 is 1.14 bits per heavy atom. The Hall–Kier alpha value is -5.19. The van der Waals surface area contributed by atoms with Gasteiger partial charge in [-0.2, -0.15) is 9.59 Å². The van der Waals surface area contributed by atoms with Crippen LogP contribution in [0.15, 0.2) is 28.7 Å². The number of benzene rings is 1. The van der Waals surface area contributed by atoms with Gasteiger partial charge < -0.3 is 30.1 Å². The van der Waals surface area contributed by atoms with Crippen molar-refractivity contribution in [2.24, 2.45) is 22.9 Å². The zero-order valence-electron chi connectivity index (χ0n) is 38.0. The van der Waals surface area contributed by atoms with Gasteiger partial charge in [0.1, 0.15) is 16.5 Å². The summed E-state index contributed by atoms with van der Waals surface area (Å²) in [6.45, 7) is 12.7. The highest BCUT2D eigenvalue weighted by Crippen LogP contribution is 2.33. The van der Waals surface area contributed by atoms with Crippen molar-refractivity contribution in [3.8, 4) is 5.75 Å². The number of ketones is 1. The number of Topliss-reactive ketones (excluding diaryl/α,β-unsaturated/α-hetero) is 1. The monoisotopic (exact) mass is 898 g/mol. The maximum atomic E-state index is 14.3. The van der Waals surface area contributed by atoms with Crippen LogP contribution in [0.2, 0.25) is 0 Å². The SMILES string of the molecule is CCC[C@@H](Cc1ccc(O)c(NC(=O)CCOCCN=[N+]=[N-])c1)NC(=O)c1csc([C@@H](C[C@H](C(C)C)N(C)C(=O)[C@@H](CC(=O)[C@H]2CCCCN2C)[C@@H](C)CC)OC(C)=O)n1.O=C=O. The smallest absolute Gasteiger partial charge is 0.373 e. The van der Waals surface area contributed by atoms with Gasteiger partial charge in [-0.3, -0.25) is 28.9 Å². The maximum absolute atomic E-state index is 14.3. The standard InChI is InChI=1S/C43H66N8O8S.CO2/c1-9-13-31(22-30-15-16-37(53)33(23-30)47-40(55)17-20-58-21-18-45-49-44)46-41(56)34-26-60-42(48-34)39(59-29(6)52)25-36(27(3)4)51(8)43(57)32(28(5)10-2)24-38(54)35-14-11-12-19-50(35)7;2-1-3/h15-16,23,26-28,31-32,35-36,39,53H,9-14,17-22,24-25H2,1-8H3,(H,46,56)(H,47,55);/t28-,31-,32-,35+,36+,39+;/m0./s1. The summed E-state index contributed by atoms with van der Waals surface area (Å²) in [6.07, 6.45) is 5.35. The number of carbonyl (C=O) groups is 5. The molecule has 0 radical (unpaired) electrons. The number of piperidine rings is 1. The van der Waals surface area contributed by atoms with Gasteiger partial charge in [0, 0.05) is 61.7 Å². The predicted molar refractivity (Wildman–Crippen MR) is 237 cm³/mol. The number of likely N-dealkylation sites (tertiary alicyclic amines) is 1. The molecule has 348 valence electrons. The van der Waals surface area contributed by atoms with E-state index in [4.69, 9.17) is 24.6 Å². The van der Waals surface area contributed by atoms with Crippen molar-refractivity contribution < 1.29 is 48.1 Å². The van der Waals surface area contributed by atoms with E-state index in [0.29, 0.717) is 17.8 Å². The van der Waals surface area contributed by atoms with Crippen LogP contribution in [-0.2, 0) is 44.7 Å². The quantitative estimate of drug-likeness (QED) is 0.0237. The topological polar surface area (TPSA) is 250 Å². The van der Waals surface area contributed by atoms with Crippen LogP contribution in [0, 0.1) is 17.8 Å². The fourth-order valence-electron chi connectivity index (χ4n) is 7.67. The second kappa shape index (κ2) is 28.5. The molecule has 3 N–H and O–H groups in total. The average molecular weight is 899 g/mol. The van der Waals surface area contributed by atoms with Crippen LogP contribution in [0.3, 0.4) is 0 Å². The fraction of sp³-hybridized carbons (Fsp3) is 0.659. The van der Waals surface area contributed by atoms with E-state index < -0.39 is 23.9 Å². The van der Waals surface area contributed by atoms with E-state index >= 15 is 0 Å².